The normalized spacial score (nSPS) is 12.7. The Labute approximate surface area is 111 Å². The van der Waals surface area contributed by atoms with Crippen molar-refractivity contribution in [3.05, 3.63) is 6.33 Å². The van der Waals surface area contributed by atoms with Crippen molar-refractivity contribution in [3.8, 4) is 0 Å². The van der Waals surface area contributed by atoms with Gasteiger partial charge in [0.2, 0.25) is 5.91 Å². The number of nitrogens with one attached hydrogen (secondary N) is 1. The molecule has 102 valence electrons. The summed E-state index contributed by atoms with van der Waals surface area (Å²) in [6, 6.07) is 0.309. The minimum absolute atomic E-state index is 0.0195. The summed E-state index contributed by atoms with van der Waals surface area (Å²) in [7, 11) is 1.61. The molecule has 0 aliphatic carbocycles. The summed E-state index contributed by atoms with van der Waals surface area (Å²) in [5.41, 5.74) is 0. The minimum atomic E-state index is -0.0251. The van der Waals surface area contributed by atoms with Gasteiger partial charge in [0.25, 0.3) is 0 Å². The second-order valence-corrected chi connectivity index (χ2v) is 5.27. The van der Waals surface area contributed by atoms with Gasteiger partial charge in [-0.1, -0.05) is 11.8 Å². The first-order valence-electron chi connectivity index (χ1n) is 5.85. The number of hydrogen-bond acceptors (Lipinski definition) is 5. The van der Waals surface area contributed by atoms with Crippen LogP contribution in [-0.2, 0) is 9.53 Å². The van der Waals surface area contributed by atoms with Crippen molar-refractivity contribution < 1.29 is 9.53 Å². The van der Waals surface area contributed by atoms with E-state index in [0.29, 0.717) is 12.4 Å². The second kappa shape index (κ2) is 7.38. The Bertz CT molecular complexity index is 381. The van der Waals surface area contributed by atoms with Crippen LogP contribution < -0.4 is 5.32 Å². The number of carbonyl (C=O) groups is 1. The highest BCUT2D eigenvalue weighted by Crippen LogP contribution is 2.18. The van der Waals surface area contributed by atoms with E-state index in [1.807, 2.05) is 25.3 Å². The van der Waals surface area contributed by atoms with Crippen molar-refractivity contribution in [1.29, 1.82) is 0 Å². The summed E-state index contributed by atoms with van der Waals surface area (Å²) in [5, 5.41) is 11.5. The fourth-order valence-corrected chi connectivity index (χ4v) is 2.28. The highest BCUT2D eigenvalue weighted by atomic mass is 32.2. The maximum Gasteiger partial charge on any atom is 0.230 e. The minimum Gasteiger partial charge on any atom is -0.383 e. The SMILES string of the molecule is COCC(C)NC(=O)CSc1nncn1C(C)C. The van der Waals surface area contributed by atoms with E-state index in [1.165, 1.54) is 11.8 Å². The van der Waals surface area contributed by atoms with Gasteiger partial charge in [-0.2, -0.15) is 0 Å². The van der Waals surface area contributed by atoms with Crippen LogP contribution in [-0.4, -0.2) is 46.2 Å². The quantitative estimate of drug-likeness (QED) is 0.753. The molecule has 1 heterocycles. The summed E-state index contributed by atoms with van der Waals surface area (Å²) < 4.78 is 6.90. The summed E-state index contributed by atoms with van der Waals surface area (Å²) in [6.07, 6.45) is 1.68. The third-order valence-corrected chi connectivity index (χ3v) is 3.21. The van der Waals surface area contributed by atoms with Crippen LogP contribution in [0.2, 0.25) is 0 Å². The highest BCUT2D eigenvalue weighted by Gasteiger charge is 2.12. The fourth-order valence-electron chi connectivity index (χ4n) is 1.43. The van der Waals surface area contributed by atoms with E-state index in [9.17, 15) is 4.79 Å². The molecule has 0 bridgehead atoms. The zero-order valence-corrected chi connectivity index (χ0v) is 12.0. The summed E-state index contributed by atoms with van der Waals surface area (Å²) in [4.78, 5) is 11.7. The molecule has 0 spiro atoms. The van der Waals surface area contributed by atoms with Crippen molar-refractivity contribution in [2.45, 2.75) is 38.0 Å². The zero-order chi connectivity index (χ0) is 13.5. The van der Waals surface area contributed by atoms with E-state index in [-0.39, 0.29) is 18.0 Å². The predicted molar refractivity (Wildman–Crippen MR) is 70.6 cm³/mol. The molecule has 1 rings (SSSR count). The number of methoxy groups -OCH3 is 1. The Morgan fingerprint density at radius 1 is 1.56 bits per heavy atom. The van der Waals surface area contributed by atoms with Gasteiger partial charge in [-0.3, -0.25) is 4.79 Å². The number of carbonyl (C=O) groups excluding carboxylic acids is 1. The Morgan fingerprint density at radius 2 is 2.28 bits per heavy atom. The molecule has 6 nitrogen and oxygen atoms in total. The zero-order valence-electron chi connectivity index (χ0n) is 11.2. The molecule has 0 radical (unpaired) electrons. The molecule has 1 unspecified atom stereocenters. The van der Waals surface area contributed by atoms with Crippen LogP contribution in [0.5, 0.6) is 0 Å². The lowest BCUT2D eigenvalue weighted by Gasteiger charge is -2.13. The molecule has 0 saturated heterocycles. The van der Waals surface area contributed by atoms with Gasteiger partial charge in [-0.25, -0.2) is 0 Å². The summed E-state index contributed by atoms with van der Waals surface area (Å²) in [5.74, 6) is 0.308. The maximum absolute atomic E-state index is 11.7. The van der Waals surface area contributed by atoms with Gasteiger partial charge in [0.05, 0.1) is 12.4 Å². The van der Waals surface area contributed by atoms with Crippen LogP contribution >= 0.6 is 11.8 Å². The van der Waals surface area contributed by atoms with Crippen LogP contribution in [0.4, 0.5) is 0 Å². The molecule has 1 atom stereocenters. The third-order valence-electron chi connectivity index (χ3n) is 2.25. The average molecular weight is 272 g/mol. The number of ether oxygens (including phenoxy) is 1. The lowest BCUT2D eigenvalue weighted by Crippen LogP contribution is -2.36. The van der Waals surface area contributed by atoms with Gasteiger partial charge in [0.15, 0.2) is 5.16 Å². The van der Waals surface area contributed by atoms with Crippen molar-refractivity contribution in [1.82, 2.24) is 20.1 Å². The van der Waals surface area contributed by atoms with Crippen molar-refractivity contribution in [3.63, 3.8) is 0 Å². The highest BCUT2D eigenvalue weighted by molar-refractivity contribution is 7.99. The van der Waals surface area contributed by atoms with Gasteiger partial charge >= 0.3 is 0 Å². The molecule has 1 aromatic rings. The van der Waals surface area contributed by atoms with E-state index >= 15 is 0 Å². The van der Waals surface area contributed by atoms with Gasteiger partial charge in [-0.05, 0) is 20.8 Å². The number of nitrogens with zero attached hydrogens (tertiary/aromatic N) is 3. The Balaban J connectivity index is 2.40. The smallest absolute Gasteiger partial charge is 0.230 e. The molecule has 0 saturated carbocycles. The molecule has 0 fully saturated rings. The molecular formula is C11H20N4O2S. The van der Waals surface area contributed by atoms with Crippen LogP contribution in [0.25, 0.3) is 0 Å². The first-order chi connectivity index (χ1) is 8.54. The largest absolute Gasteiger partial charge is 0.383 e. The molecule has 7 heteroatoms. The third kappa shape index (κ3) is 4.66. The Morgan fingerprint density at radius 3 is 2.89 bits per heavy atom. The number of rotatable bonds is 7. The van der Waals surface area contributed by atoms with E-state index in [0.717, 1.165) is 5.16 Å². The van der Waals surface area contributed by atoms with Crippen LogP contribution in [0.3, 0.4) is 0 Å². The Kier molecular flexibility index (Phi) is 6.14. The van der Waals surface area contributed by atoms with E-state index in [4.69, 9.17) is 4.74 Å². The summed E-state index contributed by atoms with van der Waals surface area (Å²) in [6.45, 7) is 6.52. The van der Waals surface area contributed by atoms with Crippen molar-refractivity contribution >= 4 is 17.7 Å². The topological polar surface area (TPSA) is 69.0 Å². The first-order valence-corrected chi connectivity index (χ1v) is 6.83. The molecule has 1 aromatic heterocycles. The van der Waals surface area contributed by atoms with Gasteiger partial charge in [0.1, 0.15) is 6.33 Å². The molecular weight excluding hydrogens is 252 g/mol. The van der Waals surface area contributed by atoms with E-state index in [1.54, 1.807) is 13.4 Å². The lowest BCUT2D eigenvalue weighted by atomic mass is 10.3. The van der Waals surface area contributed by atoms with Crippen molar-refractivity contribution in [2.75, 3.05) is 19.5 Å². The lowest BCUT2D eigenvalue weighted by molar-refractivity contribution is -0.119. The molecule has 18 heavy (non-hydrogen) atoms. The number of aromatic nitrogens is 3. The van der Waals surface area contributed by atoms with Crippen molar-refractivity contribution in [2.24, 2.45) is 0 Å². The number of thioether (sulfide) groups is 1. The summed E-state index contributed by atoms with van der Waals surface area (Å²) >= 11 is 1.39. The molecule has 0 aliphatic rings. The molecule has 1 amide bonds. The predicted octanol–water partition coefficient (Wildman–Crippen LogP) is 1.10. The average Bonchev–Trinajstić information content (AvgIpc) is 2.74. The van der Waals surface area contributed by atoms with Crippen LogP contribution in [0.1, 0.15) is 26.8 Å². The fraction of sp³-hybridized carbons (Fsp3) is 0.727. The first kappa shape index (κ1) is 15.0. The molecule has 1 N–H and O–H groups in total. The molecule has 0 aliphatic heterocycles. The van der Waals surface area contributed by atoms with Gasteiger partial charge in [-0.15, -0.1) is 10.2 Å². The number of hydrogen-bond donors (Lipinski definition) is 1. The standard InChI is InChI=1S/C11H20N4O2S/c1-8(2)15-7-12-14-11(15)18-6-10(16)13-9(3)5-17-4/h7-9H,5-6H2,1-4H3,(H,13,16). The van der Waals surface area contributed by atoms with Gasteiger partial charge in [0, 0.05) is 19.2 Å². The second-order valence-electron chi connectivity index (χ2n) is 4.33. The van der Waals surface area contributed by atoms with E-state index < -0.39 is 0 Å². The van der Waals surface area contributed by atoms with Crippen LogP contribution in [0.15, 0.2) is 11.5 Å². The Hall–Kier alpha value is -1.08. The monoisotopic (exact) mass is 272 g/mol. The number of amides is 1. The maximum atomic E-state index is 11.7. The molecule has 0 aromatic carbocycles. The van der Waals surface area contributed by atoms with E-state index in [2.05, 4.69) is 15.5 Å². The van der Waals surface area contributed by atoms with Crippen LogP contribution in [0, 0.1) is 0 Å². The van der Waals surface area contributed by atoms with Gasteiger partial charge < -0.3 is 14.6 Å².